The van der Waals surface area contributed by atoms with Gasteiger partial charge in [0.05, 0.1) is 17.0 Å². The van der Waals surface area contributed by atoms with Crippen LogP contribution in [0.25, 0.3) is 22.2 Å². The standard InChI is InChI=1S/C18H15N3O2.2ClH/c1-11(19)20-14-4-6-16-12(8-14)2-5-15(21-16)13-3-7-17-18(9-13)23-10-22-17;;/h2-9H,10H2,1H3,(H2,19,20);2*1H. The summed E-state index contributed by atoms with van der Waals surface area (Å²) in [6.07, 6.45) is 0. The Bertz CT molecular complexity index is 931. The number of benzene rings is 2. The van der Waals surface area contributed by atoms with Crippen LogP contribution in [0.3, 0.4) is 0 Å². The number of pyridine rings is 1. The predicted octanol–water partition coefficient (Wildman–Crippen LogP) is 4.88. The number of rotatable bonds is 2. The molecule has 1 aromatic heterocycles. The first-order chi connectivity index (χ1) is 11.2. The van der Waals surface area contributed by atoms with E-state index in [-0.39, 0.29) is 31.6 Å². The van der Waals surface area contributed by atoms with Crippen LogP contribution in [0.15, 0.2) is 48.5 Å². The molecule has 25 heavy (non-hydrogen) atoms. The number of anilines is 1. The Hall–Kier alpha value is -2.50. The van der Waals surface area contributed by atoms with Crippen molar-refractivity contribution >= 4 is 47.2 Å². The van der Waals surface area contributed by atoms with E-state index in [0.29, 0.717) is 5.84 Å². The summed E-state index contributed by atoms with van der Waals surface area (Å²) in [6, 6.07) is 15.7. The van der Waals surface area contributed by atoms with Gasteiger partial charge in [-0.3, -0.25) is 5.41 Å². The molecule has 7 heteroatoms. The molecule has 0 bridgehead atoms. The van der Waals surface area contributed by atoms with Gasteiger partial charge in [-0.1, -0.05) is 6.07 Å². The highest BCUT2D eigenvalue weighted by atomic mass is 35.5. The molecule has 2 heterocycles. The van der Waals surface area contributed by atoms with Crippen molar-refractivity contribution in [2.24, 2.45) is 0 Å². The summed E-state index contributed by atoms with van der Waals surface area (Å²) in [5.41, 5.74) is 3.68. The van der Waals surface area contributed by atoms with E-state index in [1.807, 2.05) is 48.5 Å². The third-order valence-electron chi connectivity index (χ3n) is 3.69. The van der Waals surface area contributed by atoms with Gasteiger partial charge in [0.2, 0.25) is 6.79 Å². The zero-order valence-electron chi connectivity index (χ0n) is 13.4. The highest BCUT2D eigenvalue weighted by Gasteiger charge is 2.14. The zero-order valence-corrected chi connectivity index (χ0v) is 15.0. The number of hydrogen-bond acceptors (Lipinski definition) is 4. The first kappa shape index (κ1) is 18.8. The van der Waals surface area contributed by atoms with E-state index in [0.717, 1.165) is 39.3 Å². The van der Waals surface area contributed by atoms with Gasteiger partial charge in [-0.15, -0.1) is 24.8 Å². The van der Waals surface area contributed by atoms with Crippen LogP contribution in [0.2, 0.25) is 0 Å². The molecule has 1 aliphatic rings. The molecule has 1 aliphatic heterocycles. The molecule has 0 aliphatic carbocycles. The number of amidine groups is 1. The summed E-state index contributed by atoms with van der Waals surface area (Å²) in [5.74, 6) is 1.94. The van der Waals surface area contributed by atoms with E-state index in [4.69, 9.17) is 19.9 Å². The van der Waals surface area contributed by atoms with Crippen LogP contribution in [-0.4, -0.2) is 17.6 Å². The third-order valence-corrected chi connectivity index (χ3v) is 3.69. The Morgan fingerprint density at radius 2 is 1.80 bits per heavy atom. The van der Waals surface area contributed by atoms with Crippen molar-refractivity contribution in [1.82, 2.24) is 4.98 Å². The molecule has 0 atom stereocenters. The summed E-state index contributed by atoms with van der Waals surface area (Å²) in [6.45, 7) is 1.98. The third kappa shape index (κ3) is 3.78. The lowest BCUT2D eigenvalue weighted by atomic mass is 10.1. The first-order valence-electron chi connectivity index (χ1n) is 7.32. The maximum atomic E-state index is 7.50. The lowest BCUT2D eigenvalue weighted by molar-refractivity contribution is 0.174. The summed E-state index contributed by atoms with van der Waals surface area (Å²) < 4.78 is 10.8. The molecule has 2 aromatic carbocycles. The van der Waals surface area contributed by atoms with Gasteiger partial charge in [-0.05, 0) is 49.4 Å². The van der Waals surface area contributed by atoms with E-state index >= 15 is 0 Å². The first-order valence-corrected chi connectivity index (χ1v) is 7.32. The molecule has 2 N–H and O–H groups in total. The number of hydrogen-bond donors (Lipinski definition) is 2. The van der Waals surface area contributed by atoms with Gasteiger partial charge in [-0.2, -0.15) is 0 Å². The van der Waals surface area contributed by atoms with Crippen molar-refractivity contribution in [2.45, 2.75) is 6.92 Å². The molecule has 4 rings (SSSR count). The molecule has 3 aromatic rings. The van der Waals surface area contributed by atoms with Crippen LogP contribution in [0.5, 0.6) is 11.5 Å². The Morgan fingerprint density at radius 1 is 1.00 bits per heavy atom. The van der Waals surface area contributed by atoms with Crippen molar-refractivity contribution in [3.63, 3.8) is 0 Å². The molecular weight excluding hydrogens is 361 g/mol. The Morgan fingerprint density at radius 3 is 2.60 bits per heavy atom. The summed E-state index contributed by atoms with van der Waals surface area (Å²) in [4.78, 5) is 4.71. The normalized spacial score (nSPS) is 11.4. The number of aromatic nitrogens is 1. The fourth-order valence-corrected chi connectivity index (χ4v) is 2.64. The van der Waals surface area contributed by atoms with Crippen molar-refractivity contribution < 1.29 is 9.47 Å². The van der Waals surface area contributed by atoms with E-state index < -0.39 is 0 Å². The largest absolute Gasteiger partial charge is 0.454 e. The second kappa shape index (κ2) is 7.59. The summed E-state index contributed by atoms with van der Waals surface area (Å²) >= 11 is 0. The maximum absolute atomic E-state index is 7.50. The maximum Gasteiger partial charge on any atom is 0.231 e. The topological polar surface area (TPSA) is 67.2 Å². The zero-order chi connectivity index (χ0) is 15.8. The number of fused-ring (bicyclic) bond motifs is 2. The van der Waals surface area contributed by atoms with Gasteiger partial charge >= 0.3 is 0 Å². The monoisotopic (exact) mass is 377 g/mol. The van der Waals surface area contributed by atoms with Crippen LogP contribution in [0.1, 0.15) is 6.92 Å². The second-order valence-corrected chi connectivity index (χ2v) is 5.42. The lowest BCUT2D eigenvalue weighted by Gasteiger charge is -2.07. The Labute approximate surface area is 157 Å². The van der Waals surface area contributed by atoms with Gasteiger partial charge in [0.25, 0.3) is 0 Å². The Balaban J connectivity index is 0.00000113. The van der Waals surface area contributed by atoms with Crippen LogP contribution < -0.4 is 14.8 Å². The minimum absolute atomic E-state index is 0. The number of nitrogens with zero attached hydrogens (tertiary/aromatic N) is 1. The van der Waals surface area contributed by atoms with E-state index in [2.05, 4.69) is 5.32 Å². The molecule has 0 unspecified atom stereocenters. The fourth-order valence-electron chi connectivity index (χ4n) is 2.64. The van der Waals surface area contributed by atoms with Crippen LogP contribution >= 0.6 is 24.8 Å². The molecular formula is C18H17Cl2N3O2. The van der Waals surface area contributed by atoms with E-state index in [9.17, 15) is 0 Å². The molecule has 0 radical (unpaired) electrons. The van der Waals surface area contributed by atoms with Crippen molar-refractivity contribution in [1.29, 1.82) is 5.41 Å². The lowest BCUT2D eigenvalue weighted by Crippen LogP contribution is -2.04. The van der Waals surface area contributed by atoms with Crippen LogP contribution in [0.4, 0.5) is 5.69 Å². The molecule has 0 saturated heterocycles. The SMILES string of the molecule is CC(=N)Nc1ccc2nc(-c3ccc4c(c3)OCO4)ccc2c1.Cl.Cl. The molecule has 5 nitrogen and oxygen atoms in total. The molecule has 0 spiro atoms. The van der Waals surface area contributed by atoms with Gasteiger partial charge in [-0.25, -0.2) is 4.98 Å². The highest BCUT2D eigenvalue weighted by Crippen LogP contribution is 2.35. The smallest absolute Gasteiger partial charge is 0.231 e. The second-order valence-electron chi connectivity index (χ2n) is 5.42. The average molecular weight is 378 g/mol. The molecule has 130 valence electrons. The molecule has 0 amide bonds. The van der Waals surface area contributed by atoms with Crippen molar-refractivity contribution in [3.8, 4) is 22.8 Å². The van der Waals surface area contributed by atoms with E-state index in [1.165, 1.54) is 0 Å². The van der Waals surface area contributed by atoms with Gasteiger partial charge in [0.15, 0.2) is 11.5 Å². The highest BCUT2D eigenvalue weighted by molar-refractivity contribution is 5.94. The quantitative estimate of drug-likeness (QED) is 0.493. The number of ether oxygens (including phenoxy) is 2. The van der Waals surface area contributed by atoms with E-state index in [1.54, 1.807) is 6.92 Å². The minimum atomic E-state index is 0. The average Bonchev–Trinajstić information content (AvgIpc) is 3.01. The molecule has 0 fully saturated rings. The van der Waals surface area contributed by atoms with Crippen molar-refractivity contribution in [3.05, 3.63) is 48.5 Å². The Kier molecular flexibility index (Phi) is 5.72. The predicted molar refractivity (Wildman–Crippen MR) is 105 cm³/mol. The van der Waals surface area contributed by atoms with Gasteiger partial charge in [0.1, 0.15) is 0 Å². The minimum Gasteiger partial charge on any atom is -0.454 e. The fraction of sp³-hybridized carbons (Fsp3) is 0.111. The number of halogens is 2. The molecule has 0 saturated carbocycles. The van der Waals surface area contributed by atoms with Gasteiger partial charge < -0.3 is 14.8 Å². The van der Waals surface area contributed by atoms with Crippen molar-refractivity contribution in [2.75, 3.05) is 12.1 Å². The summed E-state index contributed by atoms with van der Waals surface area (Å²) in [7, 11) is 0. The summed E-state index contributed by atoms with van der Waals surface area (Å²) in [5, 5.41) is 11.5. The van der Waals surface area contributed by atoms with Crippen LogP contribution in [0, 0.1) is 5.41 Å². The van der Waals surface area contributed by atoms with Crippen LogP contribution in [-0.2, 0) is 0 Å². The number of nitrogens with one attached hydrogen (secondary N) is 2. The van der Waals surface area contributed by atoms with Gasteiger partial charge in [0, 0.05) is 16.6 Å².